The number of nitrogens with zero attached hydrogens (tertiary/aromatic N) is 3. The third-order valence-electron chi connectivity index (χ3n) is 1.71. The Morgan fingerprint density at radius 3 is 2.76 bits per heavy atom. The van der Waals surface area contributed by atoms with Gasteiger partial charge in [0, 0.05) is 23.5 Å². The van der Waals surface area contributed by atoms with Gasteiger partial charge in [0.1, 0.15) is 20.7 Å². The molecule has 2 rings (SSSR count). The third-order valence-corrected chi connectivity index (χ3v) is 3.87. The predicted molar refractivity (Wildman–Crippen MR) is 67.2 cm³/mol. The van der Waals surface area contributed by atoms with Crippen LogP contribution < -0.4 is 5.73 Å². The van der Waals surface area contributed by atoms with Crippen molar-refractivity contribution < 1.29 is 4.42 Å². The Balaban J connectivity index is 2.38. The van der Waals surface area contributed by atoms with Crippen LogP contribution in [-0.2, 0) is 0 Å². The van der Waals surface area contributed by atoms with Crippen LogP contribution in [0.15, 0.2) is 25.9 Å². The zero-order valence-electron chi connectivity index (χ0n) is 8.21. The molecule has 2 aromatic rings. The third kappa shape index (κ3) is 2.56. The summed E-state index contributed by atoms with van der Waals surface area (Å²) in [6, 6.07) is 3.38. The van der Waals surface area contributed by atoms with Gasteiger partial charge in [-0.25, -0.2) is 4.98 Å². The molecule has 0 aliphatic rings. The second kappa shape index (κ2) is 5.15. The summed E-state index contributed by atoms with van der Waals surface area (Å²) in [5.74, 6) is 0.508. The minimum absolute atomic E-state index is 0.378. The molecule has 0 radical (unpaired) electrons. The Kier molecular flexibility index (Phi) is 3.59. The number of nitrogens with two attached hydrogens (primary N) is 1. The highest BCUT2D eigenvalue weighted by Gasteiger charge is 2.16. The Bertz CT molecular complexity index is 619. The van der Waals surface area contributed by atoms with E-state index in [0.717, 1.165) is 23.5 Å². The number of hydrogen-bond acceptors (Lipinski definition) is 8. The van der Waals surface area contributed by atoms with Crippen LogP contribution in [0.5, 0.6) is 0 Å². The van der Waals surface area contributed by atoms with Crippen molar-refractivity contribution in [3.8, 4) is 22.3 Å². The summed E-state index contributed by atoms with van der Waals surface area (Å²) in [5, 5.41) is 21.9. The Morgan fingerprint density at radius 2 is 2.06 bits per heavy atom. The van der Waals surface area contributed by atoms with E-state index in [1.165, 1.54) is 11.3 Å². The maximum Gasteiger partial charge on any atom is 0.181 e. The highest BCUT2D eigenvalue weighted by molar-refractivity contribution is 8.05. The standard InChI is InChI=1S/C9H4N4OS3/c10-3-15-6-2-1-5(14-6)7-8(16-4-11)17-9(12)13-7/h1-2H,(H2,12,13). The summed E-state index contributed by atoms with van der Waals surface area (Å²) in [7, 11) is 0. The van der Waals surface area contributed by atoms with Crippen LogP contribution in [0.25, 0.3) is 11.5 Å². The van der Waals surface area contributed by atoms with Crippen LogP contribution in [0.2, 0.25) is 0 Å². The molecule has 0 atom stereocenters. The fourth-order valence-corrected chi connectivity index (χ4v) is 2.92. The van der Waals surface area contributed by atoms with E-state index < -0.39 is 0 Å². The Labute approximate surface area is 109 Å². The smallest absolute Gasteiger partial charge is 0.181 e. The van der Waals surface area contributed by atoms with E-state index in [2.05, 4.69) is 4.98 Å². The molecule has 0 spiro atoms. The predicted octanol–water partition coefficient (Wildman–Crippen LogP) is 3.13. The average molecular weight is 280 g/mol. The molecule has 0 aliphatic carbocycles. The zero-order chi connectivity index (χ0) is 12.3. The molecular weight excluding hydrogens is 276 g/mol. The number of thioether (sulfide) groups is 2. The number of rotatable bonds is 3. The van der Waals surface area contributed by atoms with Gasteiger partial charge < -0.3 is 10.2 Å². The zero-order valence-corrected chi connectivity index (χ0v) is 10.7. The Hall–Kier alpha value is -1.61. The van der Waals surface area contributed by atoms with Gasteiger partial charge in [0.05, 0.1) is 0 Å². The minimum atomic E-state index is 0.378. The van der Waals surface area contributed by atoms with Crippen molar-refractivity contribution in [2.45, 2.75) is 9.30 Å². The molecule has 8 heteroatoms. The molecule has 2 N–H and O–H groups in total. The SMILES string of the molecule is N#CSc1ccc(-c2nc(N)sc2SC#N)o1. The highest BCUT2D eigenvalue weighted by atomic mass is 32.2. The van der Waals surface area contributed by atoms with Gasteiger partial charge in [-0.05, 0) is 12.1 Å². The van der Waals surface area contributed by atoms with Gasteiger partial charge in [0.25, 0.3) is 0 Å². The summed E-state index contributed by atoms with van der Waals surface area (Å²) in [6.07, 6.45) is 0. The number of thiazole rings is 1. The molecule has 0 fully saturated rings. The molecule has 0 saturated carbocycles. The van der Waals surface area contributed by atoms with Crippen molar-refractivity contribution in [1.82, 2.24) is 4.98 Å². The number of furan rings is 1. The number of anilines is 1. The van der Waals surface area contributed by atoms with Gasteiger partial charge in [0.15, 0.2) is 16.0 Å². The maximum atomic E-state index is 8.66. The van der Waals surface area contributed by atoms with E-state index in [0.29, 0.717) is 25.9 Å². The van der Waals surface area contributed by atoms with Crippen molar-refractivity contribution in [1.29, 1.82) is 10.5 Å². The van der Waals surface area contributed by atoms with Crippen LogP contribution in [0.3, 0.4) is 0 Å². The summed E-state index contributed by atoms with van der Waals surface area (Å²) >= 11 is 3.15. The molecule has 0 bridgehead atoms. The molecule has 17 heavy (non-hydrogen) atoms. The van der Waals surface area contributed by atoms with E-state index in [9.17, 15) is 0 Å². The molecular formula is C9H4N4OS3. The van der Waals surface area contributed by atoms with Crippen LogP contribution in [-0.4, -0.2) is 4.98 Å². The Morgan fingerprint density at radius 1 is 1.29 bits per heavy atom. The first-order valence-electron chi connectivity index (χ1n) is 4.23. The normalized spacial score (nSPS) is 9.76. The summed E-state index contributed by atoms with van der Waals surface area (Å²) in [5.41, 5.74) is 6.14. The lowest BCUT2D eigenvalue weighted by molar-refractivity contribution is 0.487. The van der Waals surface area contributed by atoms with Gasteiger partial charge >= 0.3 is 0 Å². The first-order valence-corrected chi connectivity index (χ1v) is 6.68. The monoisotopic (exact) mass is 280 g/mol. The molecule has 0 unspecified atom stereocenters. The molecule has 0 amide bonds. The summed E-state index contributed by atoms with van der Waals surface area (Å²) in [4.78, 5) is 4.11. The van der Waals surface area contributed by atoms with E-state index in [1.807, 2.05) is 10.8 Å². The summed E-state index contributed by atoms with van der Waals surface area (Å²) < 4.78 is 6.10. The highest BCUT2D eigenvalue weighted by Crippen LogP contribution is 2.38. The molecule has 2 aromatic heterocycles. The van der Waals surface area contributed by atoms with Crippen LogP contribution >= 0.6 is 34.9 Å². The minimum Gasteiger partial charge on any atom is -0.447 e. The lowest BCUT2D eigenvalue weighted by Crippen LogP contribution is -1.81. The van der Waals surface area contributed by atoms with Gasteiger partial charge in [-0.2, -0.15) is 10.5 Å². The number of hydrogen-bond donors (Lipinski definition) is 1. The second-order valence-corrected chi connectivity index (χ2v) is 5.57. The molecule has 0 aliphatic heterocycles. The molecule has 2 heterocycles. The van der Waals surface area contributed by atoms with Crippen molar-refractivity contribution >= 4 is 40.0 Å². The number of nitriles is 2. The van der Waals surface area contributed by atoms with E-state index in [1.54, 1.807) is 12.1 Å². The fraction of sp³-hybridized carbons (Fsp3) is 0. The lowest BCUT2D eigenvalue weighted by atomic mass is 10.4. The number of aromatic nitrogens is 1. The number of thiocyanates is 2. The van der Waals surface area contributed by atoms with Crippen LogP contribution in [0.1, 0.15) is 0 Å². The van der Waals surface area contributed by atoms with Crippen molar-refractivity contribution in [2.75, 3.05) is 5.73 Å². The van der Waals surface area contributed by atoms with Crippen molar-refractivity contribution in [3.63, 3.8) is 0 Å². The quantitative estimate of drug-likeness (QED) is 0.680. The van der Waals surface area contributed by atoms with E-state index in [4.69, 9.17) is 20.7 Å². The first-order chi connectivity index (χ1) is 8.24. The van der Waals surface area contributed by atoms with Crippen LogP contribution in [0, 0.1) is 21.3 Å². The average Bonchev–Trinajstić information content (AvgIpc) is 2.87. The maximum absolute atomic E-state index is 8.66. The topological polar surface area (TPSA) is 99.6 Å². The largest absolute Gasteiger partial charge is 0.447 e. The second-order valence-electron chi connectivity index (χ2n) is 2.69. The van der Waals surface area contributed by atoms with Crippen molar-refractivity contribution in [2.24, 2.45) is 0 Å². The molecule has 0 aromatic carbocycles. The lowest BCUT2D eigenvalue weighted by Gasteiger charge is -1.92. The summed E-state index contributed by atoms with van der Waals surface area (Å²) in [6.45, 7) is 0. The van der Waals surface area contributed by atoms with E-state index in [-0.39, 0.29) is 0 Å². The first kappa shape index (κ1) is 11.9. The van der Waals surface area contributed by atoms with Gasteiger partial charge in [0.2, 0.25) is 0 Å². The van der Waals surface area contributed by atoms with Crippen LogP contribution in [0.4, 0.5) is 5.13 Å². The van der Waals surface area contributed by atoms with Crippen molar-refractivity contribution in [3.05, 3.63) is 12.1 Å². The van der Waals surface area contributed by atoms with E-state index >= 15 is 0 Å². The van der Waals surface area contributed by atoms with Gasteiger partial charge in [-0.15, -0.1) is 0 Å². The fourth-order valence-electron chi connectivity index (χ4n) is 1.14. The molecule has 5 nitrogen and oxygen atoms in total. The van der Waals surface area contributed by atoms with Gasteiger partial charge in [-0.1, -0.05) is 11.3 Å². The van der Waals surface area contributed by atoms with Gasteiger partial charge in [-0.3, -0.25) is 0 Å². The molecule has 84 valence electrons. The number of nitrogen functional groups attached to an aromatic ring is 1. The molecule has 0 saturated heterocycles.